The van der Waals surface area contributed by atoms with E-state index in [1.54, 1.807) is 12.1 Å². The number of methoxy groups -OCH3 is 3. The summed E-state index contributed by atoms with van der Waals surface area (Å²) < 4.78 is 34.2. The Labute approximate surface area is 166 Å². The lowest BCUT2D eigenvalue weighted by atomic mass is 10.1. The monoisotopic (exact) mass is 411 g/mol. The van der Waals surface area contributed by atoms with Crippen molar-refractivity contribution in [3.05, 3.63) is 46.7 Å². The third kappa shape index (κ3) is 5.50. The lowest BCUT2D eigenvalue weighted by molar-refractivity contribution is -0.146. The summed E-state index contributed by atoms with van der Waals surface area (Å²) in [7, 11) is 4.38. The van der Waals surface area contributed by atoms with Crippen LogP contribution in [0, 0.1) is 5.82 Å². The van der Waals surface area contributed by atoms with Crippen molar-refractivity contribution in [3.63, 3.8) is 0 Å². The summed E-state index contributed by atoms with van der Waals surface area (Å²) in [4.78, 5) is 23.9. The largest absolute Gasteiger partial charge is 0.493 e. The zero-order valence-electron chi connectivity index (χ0n) is 15.5. The Hall–Kier alpha value is -3.00. The first-order chi connectivity index (χ1) is 13.4. The van der Waals surface area contributed by atoms with Crippen molar-refractivity contribution in [1.29, 1.82) is 0 Å². The Morgan fingerprint density at radius 3 is 2.21 bits per heavy atom. The van der Waals surface area contributed by atoms with Gasteiger partial charge in [0.2, 0.25) is 5.75 Å². The Kier molecular flexibility index (Phi) is 7.45. The van der Waals surface area contributed by atoms with Crippen molar-refractivity contribution in [2.75, 3.05) is 33.3 Å². The summed E-state index contributed by atoms with van der Waals surface area (Å²) in [6.07, 6.45) is -0.126. The Bertz CT molecular complexity index is 848. The minimum absolute atomic E-state index is 0.0601. The number of amides is 1. The number of carbonyl (C=O) groups is 2. The summed E-state index contributed by atoms with van der Waals surface area (Å²) in [5.74, 6) is -0.849. The molecule has 1 amide bonds. The second-order valence-electron chi connectivity index (χ2n) is 5.54. The fourth-order valence-corrected chi connectivity index (χ4v) is 2.54. The van der Waals surface area contributed by atoms with Crippen LogP contribution in [-0.2, 0) is 20.7 Å². The fraction of sp³-hybridized carbons (Fsp3) is 0.263. The van der Waals surface area contributed by atoms with E-state index in [-0.39, 0.29) is 17.1 Å². The summed E-state index contributed by atoms with van der Waals surface area (Å²) >= 11 is 5.65. The highest BCUT2D eigenvalue weighted by Gasteiger charge is 2.16. The molecule has 1 N–H and O–H groups in total. The fourth-order valence-electron chi connectivity index (χ4n) is 2.38. The van der Waals surface area contributed by atoms with E-state index in [4.69, 9.17) is 30.5 Å². The number of nitrogens with one attached hydrogen (secondary N) is 1. The van der Waals surface area contributed by atoms with Gasteiger partial charge < -0.3 is 24.3 Å². The lowest BCUT2D eigenvalue weighted by Crippen LogP contribution is -2.22. The van der Waals surface area contributed by atoms with E-state index in [9.17, 15) is 14.0 Å². The van der Waals surface area contributed by atoms with Crippen molar-refractivity contribution in [1.82, 2.24) is 0 Å². The van der Waals surface area contributed by atoms with Crippen molar-refractivity contribution < 1.29 is 32.9 Å². The smallest absolute Gasteiger partial charge is 0.310 e. The van der Waals surface area contributed by atoms with Gasteiger partial charge in [-0.1, -0.05) is 11.6 Å². The highest BCUT2D eigenvalue weighted by molar-refractivity contribution is 6.30. The minimum atomic E-state index is -0.690. The summed E-state index contributed by atoms with van der Waals surface area (Å²) in [6.45, 7) is -0.564. The van der Waals surface area contributed by atoms with E-state index in [0.29, 0.717) is 22.8 Å². The molecule has 0 bridgehead atoms. The van der Waals surface area contributed by atoms with Crippen LogP contribution >= 0.6 is 11.6 Å². The Balaban J connectivity index is 1.96. The molecule has 28 heavy (non-hydrogen) atoms. The number of ether oxygens (including phenoxy) is 4. The second kappa shape index (κ2) is 9.80. The van der Waals surface area contributed by atoms with Crippen LogP contribution in [0.5, 0.6) is 17.2 Å². The van der Waals surface area contributed by atoms with Gasteiger partial charge in [0.15, 0.2) is 18.1 Å². The molecule has 2 aromatic carbocycles. The average molecular weight is 412 g/mol. The molecule has 2 aromatic rings. The van der Waals surface area contributed by atoms with Gasteiger partial charge in [-0.15, -0.1) is 0 Å². The molecular formula is C19H19ClFNO6. The molecule has 150 valence electrons. The first-order valence-electron chi connectivity index (χ1n) is 8.07. The summed E-state index contributed by atoms with van der Waals surface area (Å²) in [5, 5.41) is 2.50. The van der Waals surface area contributed by atoms with Crippen molar-refractivity contribution in [2.24, 2.45) is 0 Å². The molecule has 0 aliphatic heterocycles. The zero-order valence-corrected chi connectivity index (χ0v) is 16.3. The Morgan fingerprint density at radius 1 is 1.04 bits per heavy atom. The SMILES string of the molecule is COc1cc(CC(=O)OCC(=O)Nc2ccc(Cl)cc2F)cc(OC)c1OC. The molecule has 0 saturated carbocycles. The molecule has 0 aliphatic rings. The van der Waals surface area contributed by atoms with Gasteiger partial charge in [-0.3, -0.25) is 9.59 Å². The third-order valence-corrected chi connectivity index (χ3v) is 3.88. The Morgan fingerprint density at radius 2 is 1.68 bits per heavy atom. The number of halogens is 2. The van der Waals surface area contributed by atoms with E-state index < -0.39 is 24.3 Å². The molecule has 0 radical (unpaired) electrons. The molecule has 0 aliphatic carbocycles. The minimum Gasteiger partial charge on any atom is -0.493 e. The topological polar surface area (TPSA) is 83.1 Å². The lowest BCUT2D eigenvalue weighted by Gasteiger charge is -2.14. The quantitative estimate of drug-likeness (QED) is 0.671. The van der Waals surface area contributed by atoms with Gasteiger partial charge in [0.25, 0.3) is 5.91 Å². The maximum absolute atomic E-state index is 13.7. The van der Waals surface area contributed by atoms with Crippen LogP contribution in [0.3, 0.4) is 0 Å². The molecule has 0 heterocycles. The van der Waals surface area contributed by atoms with Gasteiger partial charge in [0, 0.05) is 5.02 Å². The molecule has 0 atom stereocenters. The van der Waals surface area contributed by atoms with Crippen molar-refractivity contribution in [2.45, 2.75) is 6.42 Å². The molecule has 0 unspecified atom stereocenters. The molecule has 7 nitrogen and oxygen atoms in total. The second-order valence-corrected chi connectivity index (χ2v) is 5.98. The summed E-state index contributed by atoms with van der Waals surface area (Å²) in [6, 6.07) is 7.01. The van der Waals surface area contributed by atoms with Gasteiger partial charge in [-0.05, 0) is 35.9 Å². The van der Waals surface area contributed by atoms with E-state index in [1.165, 1.54) is 33.5 Å². The third-order valence-electron chi connectivity index (χ3n) is 3.64. The predicted octanol–water partition coefficient (Wildman–Crippen LogP) is 3.23. The maximum Gasteiger partial charge on any atom is 0.310 e. The number of hydrogen-bond donors (Lipinski definition) is 1. The van der Waals surface area contributed by atoms with Gasteiger partial charge in [-0.25, -0.2) is 4.39 Å². The van der Waals surface area contributed by atoms with Crippen LogP contribution in [0.15, 0.2) is 30.3 Å². The first kappa shape index (κ1) is 21.3. The maximum atomic E-state index is 13.7. The first-order valence-corrected chi connectivity index (χ1v) is 8.45. The number of benzene rings is 2. The summed E-state index contributed by atoms with van der Waals surface area (Å²) in [5.41, 5.74) is 0.485. The van der Waals surface area contributed by atoms with Crippen molar-refractivity contribution in [3.8, 4) is 17.2 Å². The molecule has 2 rings (SSSR count). The molecule has 0 fully saturated rings. The number of carbonyl (C=O) groups excluding carboxylic acids is 2. The molecule has 0 aromatic heterocycles. The zero-order chi connectivity index (χ0) is 20.7. The van der Waals surface area contributed by atoms with E-state index >= 15 is 0 Å². The van der Waals surface area contributed by atoms with Gasteiger partial charge >= 0.3 is 5.97 Å². The molecule has 0 spiro atoms. The van der Waals surface area contributed by atoms with Crippen molar-refractivity contribution >= 4 is 29.2 Å². The van der Waals surface area contributed by atoms with E-state index in [0.717, 1.165) is 6.07 Å². The standard InChI is InChI=1S/C19H19ClFNO6/c1-25-15-6-11(7-16(26-2)19(15)27-3)8-18(24)28-10-17(23)22-14-5-4-12(20)9-13(14)21/h4-7,9H,8,10H2,1-3H3,(H,22,23). The predicted molar refractivity (Wildman–Crippen MR) is 101 cm³/mol. The highest BCUT2D eigenvalue weighted by atomic mass is 35.5. The van der Waals surface area contributed by atoms with Gasteiger partial charge in [0.1, 0.15) is 5.82 Å². The van der Waals surface area contributed by atoms with Crippen LogP contribution < -0.4 is 19.5 Å². The van der Waals surface area contributed by atoms with E-state index in [2.05, 4.69) is 5.32 Å². The van der Waals surface area contributed by atoms with Gasteiger partial charge in [-0.2, -0.15) is 0 Å². The number of rotatable bonds is 8. The number of anilines is 1. The van der Waals surface area contributed by atoms with Crippen LogP contribution in [0.2, 0.25) is 5.02 Å². The number of esters is 1. The van der Waals surface area contributed by atoms with Gasteiger partial charge in [0.05, 0.1) is 33.4 Å². The molecule has 9 heteroatoms. The van der Waals surface area contributed by atoms with Crippen LogP contribution in [0.25, 0.3) is 0 Å². The highest BCUT2D eigenvalue weighted by Crippen LogP contribution is 2.38. The normalized spacial score (nSPS) is 10.2. The van der Waals surface area contributed by atoms with Crippen LogP contribution in [0.4, 0.5) is 10.1 Å². The average Bonchev–Trinajstić information content (AvgIpc) is 2.67. The van der Waals surface area contributed by atoms with E-state index in [1.807, 2.05) is 0 Å². The number of hydrogen-bond acceptors (Lipinski definition) is 6. The van der Waals surface area contributed by atoms with Crippen LogP contribution in [0.1, 0.15) is 5.56 Å². The van der Waals surface area contributed by atoms with Crippen LogP contribution in [-0.4, -0.2) is 39.8 Å². The molecule has 0 saturated heterocycles. The molecular weight excluding hydrogens is 393 g/mol.